The summed E-state index contributed by atoms with van der Waals surface area (Å²) in [5.41, 5.74) is 0. The van der Waals surface area contributed by atoms with Gasteiger partial charge in [0.1, 0.15) is 0 Å². The highest BCUT2D eigenvalue weighted by molar-refractivity contribution is 5.85. The predicted molar refractivity (Wildman–Crippen MR) is 107 cm³/mol. The van der Waals surface area contributed by atoms with E-state index in [-0.39, 0.29) is 24.8 Å². The van der Waals surface area contributed by atoms with E-state index in [1.54, 1.807) is 0 Å². The summed E-state index contributed by atoms with van der Waals surface area (Å²) in [6.07, 6.45) is 13.0. The molecule has 0 amide bonds. The van der Waals surface area contributed by atoms with Crippen molar-refractivity contribution in [3.63, 3.8) is 0 Å². The number of hydrogen-bond donors (Lipinski definition) is 0. The van der Waals surface area contributed by atoms with Crippen molar-refractivity contribution < 1.29 is 0 Å². The lowest BCUT2D eigenvalue weighted by atomic mass is 10.1. The van der Waals surface area contributed by atoms with E-state index in [0.29, 0.717) is 0 Å². The molecule has 0 saturated carbocycles. The van der Waals surface area contributed by atoms with Gasteiger partial charge < -0.3 is 0 Å². The summed E-state index contributed by atoms with van der Waals surface area (Å²) >= 11 is 0. The third kappa shape index (κ3) is 15.8. The molecule has 0 saturated heterocycles. The molecule has 2 nitrogen and oxygen atoms in total. The van der Waals surface area contributed by atoms with Gasteiger partial charge in [0.05, 0.1) is 0 Å². The number of rotatable bonds is 15. The molecule has 0 radical (unpaired) electrons. The van der Waals surface area contributed by atoms with Crippen LogP contribution in [0.2, 0.25) is 0 Å². The topological polar surface area (TPSA) is 6.48 Å². The first-order chi connectivity index (χ1) is 9.78. The van der Waals surface area contributed by atoms with Crippen LogP contribution < -0.4 is 0 Å². The lowest BCUT2D eigenvalue weighted by molar-refractivity contribution is 0.309. The summed E-state index contributed by atoms with van der Waals surface area (Å²) in [4.78, 5) is 4.75. The van der Waals surface area contributed by atoms with E-state index in [9.17, 15) is 0 Å². The molecule has 0 heterocycles. The van der Waals surface area contributed by atoms with E-state index in [1.807, 2.05) is 24.3 Å². The minimum Gasteiger partial charge on any atom is -0.296 e. The SMILES string of the molecule is C=CCN(CC=C)CCCCCCN(CC=C)CC=C.Cl.Cl. The van der Waals surface area contributed by atoms with Crippen molar-refractivity contribution >= 4 is 24.8 Å². The maximum absolute atomic E-state index is 3.80. The lowest BCUT2D eigenvalue weighted by Crippen LogP contribution is -2.25. The molecule has 0 bridgehead atoms. The molecule has 0 aliphatic rings. The van der Waals surface area contributed by atoms with Gasteiger partial charge >= 0.3 is 0 Å². The van der Waals surface area contributed by atoms with Crippen LogP contribution in [0.4, 0.5) is 0 Å². The molecule has 130 valence electrons. The molecule has 0 aromatic carbocycles. The molecule has 0 aromatic rings. The van der Waals surface area contributed by atoms with Gasteiger partial charge in [0.15, 0.2) is 0 Å². The Morgan fingerprint density at radius 3 is 1.00 bits per heavy atom. The Morgan fingerprint density at radius 1 is 0.500 bits per heavy atom. The van der Waals surface area contributed by atoms with Gasteiger partial charge in [-0.05, 0) is 25.9 Å². The zero-order valence-corrected chi connectivity index (χ0v) is 15.6. The minimum absolute atomic E-state index is 0. The van der Waals surface area contributed by atoms with Crippen molar-refractivity contribution in [3.8, 4) is 0 Å². The molecule has 0 atom stereocenters. The molecule has 0 N–H and O–H groups in total. The third-order valence-electron chi connectivity index (χ3n) is 3.25. The van der Waals surface area contributed by atoms with E-state index in [0.717, 1.165) is 39.3 Å². The molecular weight excluding hydrogens is 315 g/mol. The lowest BCUT2D eigenvalue weighted by Gasteiger charge is -2.19. The predicted octanol–water partition coefficient (Wildman–Crippen LogP) is 4.74. The molecule has 4 heteroatoms. The number of nitrogens with zero attached hydrogens (tertiary/aromatic N) is 2. The summed E-state index contributed by atoms with van der Waals surface area (Å²) in [5, 5.41) is 0. The van der Waals surface area contributed by atoms with Crippen LogP contribution in [-0.4, -0.2) is 49.1 Å². The fourth-order valence-corrected chi connectivity index (χ4v) is 2.27. The van der Waals surface area contributed by atoms with E-state index >= 15 is 0 Å². The van der Waals surface area contributed by atoms with Crippen LogP contribution in [0.5, 0.6) is 0 Å². The van der Waals surface area contributed by atoms with Gasteiger partial charge in [0, 0.05) is 26.2 Å². The van der Waals surface area contributed by atoms with E-state index in [1.165, 1.54) is 25.7 Å². The maximum atomic E-state index is 3.80. The second-order valence-electron chi connectivity index (χ2n) is 5.09. The smallest absolute Gasteiger partial charge is 0.0163 e. The molecule has 0 aromatic heterocycles. The summed E-state index contributed by atoms with van der Waals surface area (Å²) < 4.78 is 0. The van der Waals surface area contributed by atoms with Crippen LogP contribution in [0.3, 0.4) is 0 Å². The average molecular weight is 349 g/mol. The monoisotopic (exact) mass is 348 g/mol. The highest BCUT2D eigenvalue weighted by Crippen LogP contribution is 2.04. The van der Waals surface area contributed by atoms with Gasteiger partial charge in [-0.1, -0.05) is 37.1 Å². The summed E-state index contributed by atoms with van der Waals surface area (Å²) in [7, 11) is 0. The first kappa shape index (κ1) is 26.4. The van der Waals surface area contributed by atoms with Crippen LogP contribution in [0, 0.1) is 0 Å². The zero-order chi connectivity index (χ0) is 15.1. The highest BCUT2D eigenvalue weighted by Gasteiger charge is 2.02. The second kappa shape index (κ2) is 20.5. The minimum atomic E-state index is 0. The maximum Gasteiger partial charge on any atom is 0.0163 e. The molecule has 0 spiro atoms. The molecule has 0 unspecified atom stereocenters. The van der Waals surface area contributed by atoms with Crippen LogP contribution in [0.15, 0.2) is 50.6 Å². The van der Waals surface area contributed by atoms with Gasteiger partial charge in [0.2, 0.25) is 0 Å². The zero-order valence-electron chi connectivity index (χ0n) is 13.9. The van der Waals surface area contributed by atoms with Crippen molar-refractivity contribution in [1.29, 1.82) is 0 Å². The Hall–Kier alpha value is -0.540. The third-order valence-corrected chi connectivity index (χ3v) is 3.25. The molecule has 0 rings (SSSR count). The van der Waals surface area contributed by atoms with Crippen LogP contribution in [0.1, 0.15) is 25.7 Å². The van der Waals surface area contributed by atoms with E-state index in [2.05, 4.69) is 36.1 Å². The van der Waals surface area contributed by atoms with Crippen LogP contribution >= 0.6 is 24.8 Å². The van der Waals surface area contributed by atoms with Gasteiger partial charge in [-0.25, -0.2) is 0 Å². The quantitative estimate of drug-likeness (QED) is 0.311. The molecule has 0 aliphatic carbocycles. The Labute approximate surface area is 150 Å². The van der Waals surface area contributed by atoms with Crippen LogP contribution in [-0.2, 0) is 0 Å². The fourth-order valence-electron chi connectivity index (χ4n) is 2.27. The van der Waals surface area contributed by atoms with Crippen molar-refractivity contribution in [1.82, 2.24) is 9.80 Å². The first-order valence-electron chi connectivity index (χ1n) is 7.66. The normalized spacial score (nSPS) is 9.73. The molecule has 22 heavy (non-hydrogen) atoms. The summed E-state index contributed by atoms with van der Waals surface area (Å²) in [6, 6.07) is 0. The van der Waals surface area contributed by atoms with Gasteiger partial charge in [-0.3, -0.25) is 9.80 Å². The van der Waals surface area contributed by atoms with Crippen molar-refractivity contribution in [3.05, 3.63) is 50.6 Å². The van der Waals surface area contributed by atoms with Gasteiger partial charge in [0.25, 0.3) is 0 Å². The van der Waals surface area contributed by atoms with Crippen LogP contribution in [0.25, 0.3) is 0 Å². The average Bonchev–Trinajstić information content (AvgIpc) is 2.43. The van der Waals surface area contributed by atoms with E-state index in [4.69, 9.17) is 0 Å². The highest BCUT2D eigenvalue weighted by atomic mass is 35.5. The fraction of sp³-hybridized carbons (Fsp3) is 0.556. The van der Waals surface area contributed by atoms with Crippen molar-refractivity contribution in [2.24, 2.45) is 0 Å². The van der Waals surface area contributed by atoms with Gasteiger partial charge in [-0.15, -0.1) is 51.1 Å². The summed E-state index contributed by atoms with van der Waals surface area (Å²) in [5.74, 6) is 0. The van der Waals surface area contributed by atoms with Crippen molar-refractivity contribution in [2.75, 3.05) is 39.3 Å². The molecule has 0 aliphatic heterocycles. The first-order valence-corrected chi connectivity index (χ1v) is 7.66. The second-order valence-corrected chi connectivity index (χ2v) is 5.09. The van der Waals surface area contributed by atoms with Crippen molar-refractivity contribution in [2.45, 2.75) is 25.7 Å². The standard InChI is InChI=1S/C18H32N2.2ClH/c1-5-13-19(14-6-2)17-11-9-10-12-18-20(15-7-3)16-8-4;;/h5-8H,1-4,9-18H2;2*1H. The molecular formula is C18H34Cl2N2. The summed E-state index contributed by atoms with van der Waals surface area (Å²) in [6.45, 7) is 21.3. The van der Waals surface area contributed by atoms with Gasteiger partial charge in [-0.2, -0.15) is 0 Å². The Morgan fingerprint density at radius 2 is 0.773 bits per heavy atom. The number of unbranched alkanes of at least 4 members (excludes halogenated alkanes) is 3. The van der Waals surface area contributed by atoms with E-state index < -0.39 is 0 Å². The number of halogens is 2. The molecule has 0 fully saturated rings. The largest absolute Gasteiger partial charge is 0.296 e. The Kier molecular flexibility index (Phi) is 24.5. The number of hydrogen-bond acceptors (Lipinski definition) is 2. The Bertz CT molecular complexity index is 232. The Balaban J connectivity index is -0.00000180.